The zero-order chi connectivity index (χ0) is 17.8. The van der Waals surface area contributed by atoms with E-state index in [0.29, 0.717) is 6.54 Å². The van der Waals surface area contributed by atoms with Crippen molar-refractivity contribution in [1.82, 2.24) is 24.6 Å². The first kappa shape index (κ1) is 16.7. The smallest absolute Gasteiger partial charge is 0.223 e. The average molecular weight is 349 g/mol. The summed E-state index contributed by atoms with van der Waals surface area (Å²) >= 11 is 0. The number of carbonyl (C=O) groups excluding carboxylic acids is 1. The molecule has 1 saturated heterocycles. The number of piperidine rings is 1. The van der Waals surface area contributed by atoms with Crippen molar-refractivity contribution in [2.75, 3.05) is 13.1 Å². The summed E-state index contributed by atoms with van der Waals surface area (Å²) in [5.74, 6) is 0.288. The SMILES string of the molecule is O=C(NCc1ccccc1)C1CCN(Cc2cnc3cnccn23)CC1. The number of amides is 1. The van der Waals surface area contributed by atoms with Crippen LogP contribution in [0.4, 0.5) is 0 Å². The molecule has 26 heavy (non-hydrogen) atoms. The zero-order valence-electron chi connectivity index (χ0n) is 14.7. The second-order valence-corrected chi connectivity index (χ2v) is 6.81. The van der Waals surface area contributed by atoms with Gasteiger partial charge in [0.1, 0.15) is 0 Å². The topological polar surface area (TPSA) is 62.5 Å². The molecular weight excluding hydrogens is 326 g/mol. The van der Waals surface area contributed by atoms with Crippen LogP contribution in [0.1, 0.15) is 24.1 Å². The van der Waals surface area contributed by atoms with Gasteiger partial charge in [-0.2, -0.15) is 0 Å². The Bertz CT molecular complexity index is 868. The lowest BCUT2D eigenvalue weighted by Gasteiger charge is -2.31. The number of fused-ring (bicyclic) bond motifs is 1. The van der Waals surface area contributed by atoms with Crippen molar-refractivity contribution >= 4 is 11.6 Å². The van der Waals surface area contributed by atoms with Gasteiger partial charge < -0.3 is 5.32 Å². The molecule has 0 radical (unpaired) electrons. The molecule has 3 heterocycles. The maximum absolute atomic E-state index is 12.4. The number of hydrogen-bond donors (Lipinski definition) is 1. The van der Waals surface area contributed by atoms with Gasteiger partial charge in [-0.1, -0.05) is 30.3 Å². The van der Waals surface area contributed by atoms with Gasteiger partial charge in [-0.05, 0) is 31.5 Å². The molecule has 134 valence electrons. The van der Waals surface area contributed by atoms with Gasteiger partial charge in [-0.25, -0.2) is 4.98 Å². The predicted molar refractivity (Wildman–Crippen MR) is 99.3 cm³/mol. The highest BCUT2D eigenvalue weighted by Gasteiger charge is 2.25. The van der Waals surface area contributed by atoms with Gasteiger partial charge in [0.25, 0.3) is 0 Å². The average Bonchev–Trinajstić information content (AvgIpc) is 3.10. The number of carbonyl (C=O) groups is 1. The van der Waals surface area contributed by atoms with Crippen molar-refractivity contribution in [3.05, 3.63) is 66.4 Å². The highest BCUT2D eigenvalue weighted by molar-refractivity contribution is 5.78. The molecule has 0 spiro atoms. The normalized spacial score (nSPS) is 16.0. The van der Waals surface area contributed by atoms with Gasteiger partial charge >= 0.3 is 0 Å². The monoisotopic (exact) mass is 349 g/mol. The summed E-state index contributed by atoms with van der Waals surface area (Å²) in [6.45, 7) is 3.32. The van der Waals surface area contributed by atoms with Crippen LogP contribution in [0.15, 0.2) is 55.1 Å². The molecule has 1 fully saturated rings. The van der Waals surface area contributed by atoms with Crippen LogP contribution in [0.5, 0.6) is 0 Å². The first-order valence-electron chi connectivity index (χ1n) is 9.09. The fourth-order valence-corrected chi connectivity index (χ4v) is 3.52. The quantitative estimate of drug-likeness (QED) is 0.767. The molecule has 1 N–H and O–H groups in total. The van der Waals surface area contributed by atoms with E-state index >= 15 is 0 Å². The maximum atomic E-state index is 12.4. The predicted octanol–water partition coefficient (Wildman–Crippen LogP) is 2.26. The van der Waals surface area contributed by atoms with Crippen molar-refractivity contribution in [2.24, 2.45) is 5.92 Å². The van der Waals surface area contributed by atoms with E-state index < -0.39 is 0 Å². The van der Waals surface area contributed by atoms with Crippen molar-refractivity contribution < 1.29 is 4.79 Å². The minimum Gasteiger partial charge on any atom is -0.352 e. The molecule has 1 aromatic carbocycles. The lowest BCUT2D eigenvalue weighted by Crippen LogP contribution is -2.40. The molecule has 1 aliphatic heterocycles. The molecular formula is C20H23N5O. The number of likely N-dealkylation sites (tertiary alicyclic amines) is 1. The number of rotatable bonds is 5. The van der Waals surface area contributed by atoms with Crippen molar-refractivity contribution in [2.45, 2.75) is 25.9 Å². The Morgan fingerprint density at radius 1 is 1.15 bits per heavy atom. The molecule has 4 rings (SSSR count). The molecule has 3 aromatic rings. The fourth-order valence-electron chi connectivity index (χ4n) is 3.52. The van der Waals surface area contributed by atoms with Gasteiger partial charge in [0.15, 0.2) is 5.65 Å². The van der Waals surface area contributed by atoms with E-state index in [9.17, 15) is 4.79 Å². The van der Waals surface area contributed by atoms with Gasteiger partial charge in [0.2, 0.25) is 5.91 Å². The summed E-state index contributed by atoms with van der Waals surface area (Å²) in [4.78, 5) is 23.3. The zero-order valence-corrected chi connectivity index (χ0v) is 14.7. The van der Waals surface area contributed by atoms with Crippen LogP contribution in [-0.2, 0) is 17.9 Å². The van der Waals surface area contributed by atoms with Crippen molar-refractivity contribution in [1.29, 1.82) is 0 Å². The Hall–Kier alpha value is -2.73. The van der Waals surface area contributed by atoms with E-state index in [1.165, 1.54) is 0 Å². The molecule has 6 nitrogen and oxygen atoms in total. The number of benzene rings is 1. The summed E-state index contributed by atoms with van der Waals surface area (Å²) < 4.78 is 2.08. The van der Waals surface area contributed by atoms with Gasteiger partial charge in [-0.15, -0.1) is 0 Å². The van der Waals surface area contributed by atoms with Gasteiger partial charge in [-0.3, -0.25) is 19.1 Å². The summed E-state index contributed by atoms with van der Waals surface area (Å²) in [7, 11) is 0. The molecule has 0 saturated carbocycles. The van der Waals surface area contributed by atoms with Crippen molar-refractivity contribution in [3.63, 3.8) is 0 Å². The Morgan fingerprint density at radius 3 is 2.77 bits per heavy atom. The Balaban J connectivity index is 1.28. The van der Waals surface area contributed by atoms with E-state index in [-0.39, 0.29) is 11.8 Å². The van der Waals surface area contributed by atoms with Crippen LogP contribution in [0, 0.1) is 5.92 Å². The van der Waals surface area contributed by atoms with Crippen LogP contribution in [0.25, 0.3) is 5.65 Å². The van der Waals surface area contributed by atoms with Crippen LogP contribution in [0.3, 0.4) is 0 Å². The van der Waals surface area contributed by atoms with Crippen LogP contribution in [-0.4, -0.2) is 38.3 Å². The summed E-state index contributed by atoms with van der Waals surface area (Å²) in [6, 6.07) is 10.1. The van der Waals surface area contributed by atoms with Gasteiger partial charge in [0.05, 0.1) is 18.1 Å². The Labute approximate surface area is 152 Å². The van der Waals surface area contributed by atoms with E-state index in [4.69, 9.17) is 0 Å². The van der Waals surface area contributed by atoms with E-state index in [1.807, 2.05) is 42.7 Å². The lowest BCUT2D eigenvalue weighted by atomic mass is 9.95. The number of imidazole rings is 1. The molecule has 1 aliphatic rings. The maximum Gasteiger partial charge on any atom is 0.223 e. The standard InChI is InChI=1S/C20H23N5O/c26-20(23-12-16-4-2-1-3-5-16)17-6-9-24(10-7-17)15-18-13-22-19-14-21-8-11-25(18)19/h1-5,8,11,13-14,17H,6-7,9-10,12,15H2,(H,23,26). The third-order valence-electron chi connectivity index (χ3n) is 5.05. The largest absolute Gasteiger partial charge is 0.352 e. The Morgan fingerprint density at radius 2 is 1.96 bits per heavy atom. The first-order valence-corrected chi connectivity index (χ1v) is 9.09. The van der Waals surface area contributed by atoms with E-state index in [0.717, 1.165) is 49.4 Å². The third-order valence-corrected chi connectivity index (χ3v) is 5.05. The molecule has 6 heteroatoms. The minimum atomic E-state index is 0.112. The van der Waals surface area contributed by atoms with E-state index in [2.05, 4.69) is 24.6 Å². The minimum absolute atomic E-state index is 0.112. The van der Waals surface area contributed by atoms with Crippen molar-refractivity contribution in [3.8, 4) is 0 Å². The highest BCUT2D eigenvalue weighted by atomic mass is 16.1. The highest BCUT2D eigenvalue weighted by Crippen LogP contribution is 2.19. The third kappa shape index (κ3) is 3.75. The lowest BCUT2D eigenvalue weighted by molar-refractivity contribution is -0.126. The molecule has 0 atom stereocenters. The molecule has 0 aliphatic carbocycles. The van der Waals surface area contributed by atoms with Crippen LogP contribution >= 0.6 is 0 Å². The second-order valence-electron chi connectivity index (χ2n) is 6.81. The molecule has 2 aromatic heterocycles. The van der Waals surface area contributed by atoms with Gasteiger partial charge in [0, 0.05) is 31.4 Å². The molecule has 1 amide bonds. The summed E-state index contributed by atoms with van der Waals surface area (Å²) in [5, 5.41) is 3.07. The number of hydrogen-bond acceptors (Lipinski definition) is 4. The number of nitrogens with one attached hydrogen (secondary N) is 1. The second kappa shape index (κ2) is 7.66. The fraction of sp³-hybridized carbons (Fsp3) is 0.350. The molecule has 0 bridgehead atoms. The van der Waals surface area contributed by atoms with Crippen LogP contribution in [0.2, 0.25) is 0 Å². The summed E-state index contributed by atoms with van der Waals surface area (Å²) in [5.41, 5.74) is 3.17. The van der Waals surface area contributed by atoms with Crippen LogP contribution < -0.4 is 5.32 Å². The number of aromatic nitrogens is 3. The van der Waals surface area contributed by atoms with E-state index in [1.54, 1.807) is 12.4 Å². The first-order chi connectivity index (χ1) is 12.8. The summed E-state index contributed by atoms with van der Waals surface area (Å²) in [6.07, 6.45) is 9.21. The molecule has 0 unspecified atom stereocenters. The number of nitrogens with zero attached hydrogens (tertiary/aromatic N) is 4. The Kier molecular flexibility index (Phi) is 4.93.